The second-order valence-electron chi connectivity index (χ2n) is 9.17. The monoisotopic (exact) mass is 467 g/mol. The predicted molar refractivity (Wildman–Crippen MR) is 129 cm³/mol. The Hall–Kier alpha value is -3.35. The molecule has 0 unspecified atom stereocenters. The summed E-state index contributed by atoms with van der Waals surface area (Å²) in [5.74, 6) is 0.0487. The molecule has 1 saturated carbocycles. The second kappa shape index (κ2) is 11.7. The van der Waals surface area contributed by atoms with Crippen molar-refractivity contribution in [2.24, 2.45) is 17.8 Å². The highest BCUT2D eigenvalue weighted by Gasteiger charge is 2.34. The highest BCUT2D eigenvalue weighted by Crippen LogP contribution is 2.35. The lowest BCUT2D eigenvalue weighted by atomic mass is 9.75. The molecular formula is C27H33NO6. The fraction of sp³-hybridized carbons (Fsp3) is 0.444. The highest BCUT2D eigenvalue weighted by atomic mass is 16.5. The van der Waals surface area contributed by atoms with Gasteiger partial charge in [-0.2, -0.15) is 0 Å². The van der Waals surface area contributed by atoms with Crippen LogP contribution in [0.3, 0.4) is 0 Å². The average molecular weight is 468 g/mol. The standard InChI is InChI=1S/C27H33NO6/c1-17(2)21-14-9-18(3)15-24(21)34-27(31)23-8-6-5-7-22(23)26(30)33-16-25(29)28-19-10-12-20(32-4)13-11-19/h5-8,10-13,17-18,21,24H,9,14-16H2,1-4H3,(H,28,29)/t18-,21+,24-/m1/s1. The lowest BCUT2D eigenvalue weighted by Crippen LogP contribution is -2.36. The van der Waals surface area contributed by atoms with Crippen molar-refractivity contribution in [1.29, 1.82) is 0 Å². The van der Waals surface area contributed by atoms with Crippen molar-refractivity contribution < 1.29 is 28.6 Å². The van der Waals surface area contributed by atoms with Crippen LogP contribution in [0.5, 0.6) is 5.75 Å². The number of amides is 1. The Kier molecular flexibility index (Phi) is 8.68. The average Bonchev–Trinajstić information content (AvgIpc) is 2.83. The number of ether oxygens (including phenoxy) is 3. The Morgan fingerprint density at radius 2 is 1.62 bits per heavy atom. The van der Waals surface area contributed by atoms with Crippen molar-refractivity contribution in [3.63, 3.8) is 0 Å². The first-order valence-electron chi connectivity index (χ1n) is 11.7. The van der Waals surface area contributed by atoms with Crippen molar-refractivity contribution >= 4 is 23.5 Å². The molecule has 1 aliphatic rings. The van der Waals surface area contributed by atoms with Gasteiger partial charge < -0.3 is 19.5 Å². The molecule has 3 atom stereocenters. The number of esters is 2. The summed E-state index contributed by atoms with van der Waals surface area (Å²) in [7, 11) is 1.55. The summed E-state index contributed by atoms with van der Waals surface area (Å²) in [5.41, 5.74) is 0.769. The van der Waals surface area contributed by atoms with Crippen LogP contribution in [-0.4, -0.2) is 37.7 Å². The van der Waals surface area contributed by atoms with E-state index in [-0.39, 0.29) is 17.2 Å². The van der Waals surface area contributed by atoms with Crippen LogP contribution in [0, 0.1) is 17.8 Å². The van der Waals surface area contributed by atoms with Crippen molar-refractivity contribution in [2.75, 3.05) is 19.0 Å². The molecule has 0 saturated heterocycles. The zero-order valence-corrected chi connectivity index (χ0v) is 20.2. The molecule has 0 spiro atoms. The number of nitrogens with one attached hydrogen (secondary N) is 1. The number of hydrogen-bond acceptors (Lipinski definition) is 6. The van der Waals surface area contributed by atoms with Gasteiger partial charge in [0.15, 0.2) is 6.61 Å². The maximum atomic E-state index is 13.0. The predicted octanol–water partition coefficient (Wildman–Crippen LogP) is 5.11. The third-order valence-corrected chi connectivity index (χ3v) is 6.29. The summed E-state index contributed by atoms with van der Waals surface area (Å²) < 4.78 is 16.2. The molecular weight excluding hydrogens is 434 g/mol. The minimum absolute atomic E-state index is 0.0784. The molecule has 2 aromatic carbocycles. The molecule has 0 aromatic heterocycles. The molecule has 7 nitrogen and oxygen atoms in total. The van der Waals surface area contributed by atoms with E-state index in [4.69, 9.17) is 14.2 Å². The van der Waals surface area contributed by atoms with E-state index < -0.39 is 24.5 Å². The van der Waals surface area contributed by atoms with Gasteiger partial charge in [-0.3, -0.25) is 4.79 Å². The molecule has 1 amide bonds. The van der Waals surface area contributed by atoms with Crippen molar-refractivity contribution in [3.05, 3.63) is 59.7 Å². The molecule has 0 radical (unpaired) electrons. The van der Waals surface area contributed by atoms with E-state index in [9.17, 15) is 14.4 Å². The normalized spacial score (nSPS) is 19.9. The maximum Gasteiger partial charge on any atom is 0.339 e. The van der Waals surface area contributed by atoms with Crippen molar-refractivity contribution in [1.82, 2.24) is 0 Å². The van der Waals surface area contributed by atoms with Crippen LogP contribution >= 0.6 is 0 Å². The molecule has 34 heavy (non-hydrogen) atoms. The van der Waals surface area contributed by atoms with Crippen LogP contribution in [0.25, 0.3) is 0 Å². The SMILES string of the molecule is COc1ccc(NC(=O)COC(=O)c2ccccc2C(=O)O[C@@H]2C[C@H](C)CC[C@H]2C(C)C)cc1. The van der Waals surface area contributed by atoms with Crippen LogP contribution in [0.15, 0.2) is 48.5 Å². The van der Waals surface area contributed by atoms with Gasteiger partial charge in [-0.25, -0.2) is 9.59 Å². The molecule has 2 aromatic rings. The Morgan fingerprint density at radius 3 is 2.24 bits per heavy atom. The van der Waals surface area contributed by atoms with E-state index in [1.807, 2.05) is 0 Å². The van der Waals surface area contributed by atoms with Gasteiger partial charge in [-0.1, -0.05) is 39.3 Å². The van der Waals surface area contributed by atoms with Gasteiger partial charge in [0.2, 0.25) is 0 Å². The summed E-state index contributed by atoms with van der Waals surface area (Å²) in [4.78, 5) is 37.9. The summed E-state index contributed by atoms with van der Waals surface area (Å²) in [5, 5.41) is 2.65. The van der Waals surface area contributed by atoms with E-state index in [1.165, 1.54) is 6.07 Å². The van der Waals surface area contributed by atoms with Gasteiger partial charge >= 0.3 is 11.9 Å². The second-order valence-corrected chi connectivity index (χ2v) is 9.17. The van der Waals surface area contributed by atoms with Gasteiger partial charge in [-0.05, 0) is 67.0 Å². The zero-order chi connectivity index (χ0) is 24.7. The van der Waals surface area contributed by atoms with Gasteiger partial charge in [0.05, 0.1) is 18.2 Å². The molecule has 0 aliphatic heterocycles. The van der Waals surface area contributed by atoms with Crippen LogP contribution < -0.4 is 10.1 Å². The van der Waals surface area contributed by atoms with Crippen molar-refractivity contribution in [3.8, 4) is 5.75 Å². The Morgan fingerprint density at radius 1 is 0.971 bits per heavy atom. The number of anilines is 1. The summed E-state index contributed by atoms with van der Waals surface area (Å²) in [6.07, 6.45) is 2.77. The first kappa shape index (κ1) is 25.3. The molecule has 0 bridgehead atoms. The van der Waals surface area contributed by atoms with E-state index >= 15 is 0 Å². The fourth-order valence-corrected chi connectivity index (χ4v) is 4.37. The van der Waals surface area contributed by atoms with Gasteiger partial charge in [0.25, 0.3) is 5.91 Å². The molecule has 1 N–H and O–H groups in total. The van der Waals surface area contributed by atoms with Crippen LogP contribution in [0.2, 0.25) is 0 Å². The molecule has 3 rings (SSSR count). The third-order valence-electron chi connectivity index (χ3n) is 6.29. The number of benzene rings is 2. The minimum Gasteiger partial charge on any atom is -0.497 e. The van der Waals surface area contributed by atoms with E-state index in [0.29, 0.717) is 29.2 Å². The Bertz CT molecular complexity index is 1000. The molecule has 0 heterocycles. The number of hydrogen-bond donors (Lipinski definition) is 1. The van der Waals surface area contributed by atoms with Crippen molar-refractivity contribution in [2.45, 2.75) is 46.1 Å². The topological polar surface area (TPSA) is 90.9 Å². The van der Waals surface area contributed by atoms with E-state index in [2.05, 4.69) is 26.1 Å². The van der Waals surface area contributed by atoms with Crippen LogP contribution in [0.1, 0.15) is 60.7 Å². The lowest BCUT2D eigenvalue weighted by Gasteiger charge is -2.36. The van der Waals surface area contributed by atoms with E-state index in [1.54, 1.807) is 49.6 Å². The summed E-state index contributed by atoms with van der Waals surface area (Å²) >= 11 is 0. The highest BCUT2D eigenvalue weighted by molar-refractivity contribution is 6.04. The molecule has 1 fully saturated rings. The molecule has 182 valence electrons. The van der Waals surface area contributed by atoms with Gasteiger partial charge in [0, 0.05) is 5.69 Å². The van der Waals surface area contributed by atoms with E-state index in [0.717, 1.165) is 19.3 Å². The molecule has 1 aliphatic carbocycles. The Labute approximate surface area is 200 Å². The molecule has 7 heteroatoms. The first-order chi connectivity index (χ1) is 16.3. The smallest absolute Gasteiger partial charge is 0.339 e. The lowest BCUT2D eigenvalue weighted by molar-refractivity contribution is -0.119. The third kappa shape index (κ3) is 6.59. The van der Waals surface area contributed by atoms with Crippen LogP contribution in [-0.2, 0) is 14.3 Å². The number of methoxy groups -OCH3 is 1. The van der Waals surface area contributed by atoms with Crippen LogP contribution in [0.4, 0.5) is 5.69 Å². The van der Waals surface area contributed by atoms with Gasteiger partial charge in [0.1, 0.15) is 11.9 Å². The summed E-state index contributed by atoms with van der Waals surface area (Å²) in [6.45, 7) is 5.97. The minimum atomic E-state index is -0.755. The quantitative estimate of drug-likeness (QED) is 0.543. The maximum absolute atomic E-state index is 13.0. The number of rotatable bonds is 8. The summed E-state index contributed by atoms with van der Waals surface area (Å²) in [6, 6.07) is 13.1. The van der Waals surface area contributed by atoms with Gasteiger partial charge in [-0.15, -0.1) is 0 Å². The zero-order valence-electron chi connectivity index (χ0n) is 20.2. The Balaban J connectivity index is 1.62. The first-order valence-corrected chi connectivity index (χ1v) is 11.7. The number of carbonyl (C=O) groups is 3. The largest absolute Gasteiger partial charge is 0.497 e. The number of carbonyl (C=O) groups excluding carboxylic acids is 3. The fourth-order valence-electron chi connectivity index (χ4n) is 4.37.